The number of benzene rings is 1. The van der Waals surface area contributed by atoms with Gasteiger partial charge in [0, 0.05) is 12.0 Å². The largest absolute Gasteiger partial charge is 0.466 e. The number of rotatable bonds is 6. The van der Waals surface area contributed by atoms with E-state index in [1.54, 1.807) is 6.92 Å². The van der Waals surface area contributed by atoms with E-state index in [1.807, 2.05) is 12.1 Å². The van der Waals surface area contributed by atoms with Gasteiger partial charge in [0.25, 0.3) is 0 Å². The molecule has 0 radical (unpaired) electrons. The molecular weight excluding hydrogens is 264 g/mol. The molecule has 1 aliphatic carbocycles. The Kier molecular flexibility index (Phi) is 5.97. The normalized spacial score (nSPS) is 15.7. The molecule has 2 rings (SSSR count). The van der Waals surface area contributed by atoms with E-state index in [-0.39, 0.29) is 24.6 Å². The molecule has 0 amide bonds. The summed E-state index contributed by atoms with van der Waals surface area (Å²) in [5, 5.41) is 0. The third-order valence-electron chi connectivity index (χ3n) is 4.17. The Morgan fingerprint density at radius 1 is 1.05 bits per heavy atom. The van der Waals surface area contributed by atoms with E-state index in [9.17, 15) is 9.59 Å². The van der Waals surface area contributed by atoms with E-state index in [4.69, 9.17) is 4.74 Å². The maximum Gasteiger partial charge on any atom is 0.306 e. The van der Waals surface area contributed by atoms with Gasteiger partial charge in [-0.1, -0.05) is 43.5 Å². The van der Waals surface area contributed by atoms with Crippen molar-refractivity contribution in [3.05, 3.63) is 35.4 Å². The SMILES string of the molecule is CCOC(=O)CCC(=O)c1ccc(C2CCCCC2)cc1. The molecule has 0 unspecified atom stereocenters. The predicted molar refractivity (Wildman–Crippen MR) is 82.5 cm³/mol. The highest BCUT2D eigenvalue weighted by Crippen LogP contribution is 2.32. The van der Waals surface area contributed by atoms with Crippen molar-refractivity contribution in [2.45, 2.75) is 57.8 Å². The lowest BCUT2D eigenvalue weighted by molar-refractivity contribution is -0.143. The summed E-state index contributed by atoms with van der Waals surface area (Å²) >= 11 is 0. The third-order valence-corrected chi connectivity index (χ3v) is 4.17. The average molecular weight is 288 g/mol. The van der Waals surface area contributed by atoms with Gasteiger partial charge in [-0.25, -0.2) is 0 Å². The van der Waals surface area contributed by atoms with Crippen molar-refractivity contribution >= 4 is 11.8 Å². The third kappa shape index (κ3) is 4.69. The molecule has 1 aromatic rings. The van der Waals surface area contributed by atoms with Crippen LogP contribution >= 0.6 is 0 Å². The molecule has 0 saturated heterocycles. The molecule has 1 fully saturated rings. The van der Waals surface area contributed by atoms with Crippen LogP contribution in [0, 0.1) is 0 Å². The first-order valence-corrected chi connectivity index (χ1v) is 7.99. The lowest BCUT2D eigenvalue weighted by atomic mass is 9.84. The molecule has 3 nitrogen and oxygen atoms in total. The fourth-order valence-electron chi connectivity index (χ4n) is 2.97. The Bertz CT molecular complexity index is 470. The van der Waals surface area contributed by atoms with Crippen molar-refractivity contribution < 1.29 is 14.3 Å². The van der Waals surface area contributed by atoms with Gasteiger partial charge in [-0.2, -0.15) is 0 Å². The van der Waals surface area contributed by atoms with E-state index >= 15 is 0 Å². The number of carbonyl (C=O) groups excluding carboxylic acids is 2. The van der Waals surface area contributed by atoms with Crippen molar-refractivity contribution in [2.24, 2.45) is 0 Å². The van der Waals surface area contributed by atoms with Gasteiger partial charge >= 0.3 is 5.97 Å². The van der Waals surface area contributed by atoms with Crippen LogP contribution in [0.4, 0.5) is 0 Å². The highest BCUT2D eigenvalue weighted by atomic mass is 16.5. The fourth-order valence-corrected chi connectivity index (χ4v) is 2.97. The monoisotopic (exact) mass is 288 g/mol. The second-order valence-electron chi connectivity index (χ2n) is 5.69. The van der Waals surface area contributed by atoms with Gasteiger partial charge in [0.15, 0.2) is 5.78 Å². The summed E-state index contributed by atoms with van der Waals surface area (Å²) in [5.74, 6) is 0.366. The summed E-state index contributed by atoms with van der Waals surface area (Å²) in [4.78, 5) is 23.3. The Hall–Kier alpha value is -1.64. The van der Waals surface area contributed by atoms with E-state index in [0.29, 0.717) is 18.1 Å². The molecule has 0 N–H and O–H groups in total. The first kappa shape index (κ1) is 15.7. The minimum atomic E-state index is -0.301. The van der Waals surface area contributed by atoms with Crippen molar-refractivity contribution in [3.63, 3.8) is 0 Å². The molecule has 0 spiro atoms. The minimum Gasteiger partial charge on any atom is -0.466 e. The van der Waals surface area contributed by atoms with Crippen LogP contribution in [0.3, 0.4) is 0 Å². The van der Waals surface area contributed by atoms with Crippen LogP contribution in [-0.2, 0) is 9.53 Å². The Balaban J connectivity index is 1.88. The van der Waals surface area contributed by atoms with E-state index < -0.39 is 0 Å². The predicted octanol–water partition coefficient (Wildman–Crippen LogP) is 4.26. The van der Waals surface area contributed by atoms with Gasteiger partial charge in [0.1, 0.15) is 0 Å². The molecule has 0 heterocycles. The first-order valence-electron chi connectivity index (χ1n) is 7.99. The molecule has 1 aliphatic rings. The number of hydrogen-bond acceptors (Lipinski definition) is 3. The second kappa shape index (κ2) is 7.96. The van der Waals surface area contributed by atoms with Crippen molar-refractivity contribution in [1.82, 2.24) is 0 Å². The van der Waals surface area contributed by atoms with Gasteiger partial charge in [0.2, 0.25) is 0 Å². The maximum absolute atomic E-state index is 12.0. The molecule has 114 valence electrons. The standard InChI is InChI=1S/C18H24O3/c1-2-21-18(20)13-12-17(19)16-10-8-15(9-11-16)14-6-4-3-5-7-14/h8-11,14H,2-7,12-13H2,1H3. The molecule has 0 aromatic heterocycles. The number of Topliss-reactive ketones (excluding diaryl/α,β-unsaturated/α-hetero) is 1. The van der Waals surface area contributed by atoms with Gasteiger partial charge in [0.05, 0.1) is 13.0 Å². The van der Waals surface area contributed by atoms with Crippen LogP contribution in [0.5, 0.6) is 0 Å². The summed E-state index contributed by atoms with van der Waals surface area (Å²) in [7, 11) is 0. The highest BCUT2D eigenvalue weighted by molar-refractivity contribution is 5.97. The highest BCUT2D eigenvalue weighted by Gasteiger charge is 2.16. The van der Waals surface area contributed by atoms with Crippen molar-refractivity contribution in [1.29, 1.82) is 0 Å². The van der Waals surface area contributed by atoms with Crippen LogP contribution in [0.2, 0.25) is 0 Å². The Morgan fingerprint density at radius 3 is 2.33 bits per heavy atom. The molecule has 0 aliphatic heterocycles. The maximum atomic E-state index is 12.0. The average Bonchev–Trinajstić information content (AvgIpc) is 2.54. The Labute approximate surface area is 126 Å². The van der Waals surface area contributed by atoms with Crippen LogP contribution in [0.25, 0.3) is 0 Å². The first-order chi connectivity index (χ1) is 10.2. The molecule has 21 heavy (non-hydrogen) atoms. The number of ketones is 1. The van der Waals surface area contributed by atoms with E-state index in [1.165, 1.54) is 37.7 Å². The van der Waals surface area contributed by atoms with Crippen LogP contribution in [0.1, 0.15) is 73.7 Å². The number of carbonyl (C=O) groups is 2. The molecule has 1 aromatic carbocycles. The van der Waals surface area contributed by atoms with Crippen molar-refractivity contribution in [3.8, 4) is 0 Å². The topological polar surface area (TPSA) is 43.4 Å². The molecule has 3 heteroatoms. The summed E-state index contributed by atoms with van der Waals surface area (Å²) in [6.45, 7) is 2.13. The second-order valence-corrected chi connectivity index (χ2v) is 5.69. The number of esters is 1. The van der Waals surface area contributed by atoms with Gasteiger partial charge in [-0.3, -0.25) is 9.59 Å². The summed E-state index contributed by atoms with van der Waals surface area (Å²) in [6, 6.07) is 7.95. The summed E-state index contributed by atoms with van der Waals surface area (Å²) in [5.41, 5.74) is 2.04. The number of ether oxygens (including phenoxy) is 1. The molecule has 1 saturated carbocycles. The quantitative estimate of drug-likeness (QED) is 0.580. The van der Waals surface area contributed by atoms with Crippen LogP contribution in [0.15, 0.2) is 24.3 Å². The lowest BCUT2D eigenvalue weighted by Gasteiger charge is -2.22. The smallest absolute Gasteiger partial charge is 0.306 e. The van der Waals surface area contributed by atoms with Crippen LogP contribution < -0.4 is 0 Å². The zero-order valence-corrected chi connectivity index (χ0v) is 12.8. The lowest BCUT2D eigenvalue weighted by Crippen LogP contribution is -2.08. The van der Waals surface area contributed by atoms with Gasteiger partial charge in [-0.05, 0) is 31.2 Å². The van der Waals surface area contributed by atoms with Gasteiger partial charge < -0.3 is 4.74 Å². The van der Waals surface area contributed by atoms with E-state index in [2.05, 4.69) is 12.1 Å². The zero-order chi connectivity index (χ0) is 15.1. The molecule has 0 atom stereocenters. The molecule has 0 bridgehead atoms. The molecular formula is C18H24O3. The van der Waals surface area contributed by atoms with E-state index in [0.717, 1.165) is 0 Å². The van der Waals surface area contributed by atoms with Crippen molar-refractivity contribution in [2.75, 3.05) is 6.61 Å². The minimum absolute atomic E-state index is 0.0123. The number of hydrogen-bond donors (Lipinski definition) is 0. The zero-order valence-electron chi connectivity index (χ0n) is 12.8. The fraction of sp³-hybridized carbons (Fsp3) is 0.556. The summed E-state index contributed by atoms with van der Waals surface area (Å²) < 4.78 is 4.84. The summed E-state index contributed by atoms with van der Waals surface area (Å²) in [6.07, 6.45) is 6.88. The van der Waals surface area contributed by atoms with Crippen LogP contribution in [-0.4, -0.2) is 18.4 Å². The Morgan fingerprint density at radius 2 is 1.71 bits per heavy atom. The van der Waals surface area contributed by atoms with Gasteiger partial charge in [-0.15, -0.1) is 0 Å².